The van der Waals surface area contributed by atoms with Crippen LogP contribution < -0.4 is 5.32 Å². The van der Waals surface area contributed by atoms with Gasteiger partial charge in [-0.05, 0) is 54.5 Å². The Labute approximate surface area is 224 Å². The molecule has 3 unspecified atom stereocenters. The second kappa shape index (κ2) is 11.6. The number of carbonyl (C=O) groups excluding carboxylic acids is 2. The van der Waals surface area contributed by atoms with Crippen molar-refractivity contribution in [3.63, 3.8) is 0 Å². The van der Waals surface area contributed by atoms with Crippen LogP contribution in [0.25, 0.3) is 22.0 Å². The van der Waals surface area contributed by atoms with Crippen LogP contribution in [-0.2, 0) is 0 Å². The third-order valence-electron chi connectivity index (χ3n) is 7.81. The van der Waals surface area contributed by atoms with E-state index in [9.17, 15) is 9.59 Å². The van der Waals surface area contributed by atoms with Gasteiger partial charge in [0, 0.05) is 29.7 Å². The highest BCUT2D eigenvalue weighted by Gasteiger charge is 2.39. The van der Waals surface area contributed by atoms with Crippen molar-refractivity contribution in [3.05, 3.63) is 102 Å². The van der Waals surface area contributed by atoms with E-state index in [0.717, 1.165) is 42.2 Å². The lowest BCUT2D eigenvalue weighted by Gasteiger charge is -2.46. The summed E-state index contributed by atoms with van der Waals surface area (Å²) in [6, 6.07) is 27.5. The second-order valence-corrected chi connectivity index (χ2v) is 10.3. The average Bonchev–Trinajstić information content (AvgIpc) is 2.97. The molecule has 5 nitrogen and oxygen atoms in total. The number of fused-ring (bicyclic) bond motifs is 1. The van der Waals surface area contributed by atoms with E-state index in [2.05, 4.69) is 29.0 Å². The van der Waals surface area contributed by atoms with Gasteiger partial charge in [0.2, 0.25) is 0 Å². The third kappa shape index (κ3) is 5.19. The van der Waals surface area contributed by atoms with Gasteiger partial charge in [-0.15, -0.1) is 0 Å². The van der Waals surface area contributed by atoms with Crippen molar-refractivity contribution in [2.45, 2.75) is 51.6 Å². The van der Waals surface area contributed by atoms with Gasteiger partial charge >= 0.3 is 0 Å². The minimum absolute atomic E-state index is 0.0422. The first-order chi connectivity index (χ1) is 18.6. The van der Waals surface area contributed by atoms with Gasteiger partial charge in [-0.1, -0.05) is 87.0 Å². The van der Waals surface area contributed by atoms with E-state index in [0.29, 0.717) is 23.2 Å². The zero-order valence-electron chi connectivity index (χ0n) is 22.1. The van der Waals surface area contributed by atoms with Crippen LogP contribution in [0.5, 0.6) is 0 Å². The first kappa shape index (κ1) is 25.7. The number of hydrogen-bond donors (Lipinski definition) is 1. The highest BCUT2D eigenvalue weighted by molar-refractivity contribution is 6.05. The first-order valence-electron chi connectivity index (χ1n) is 13.7. The van der Waals surface area contributed by atoms with Gasteiger partial charge in [0.15, 0.2) is 0 Å². The fraction of sp³-hybridized carbons (Fsp3) is 0.303. The molecule has 0 saturated carbocycles. The molecule has 5 rings (SSSR count). The number of hydrogen-bond acceptors (Lipinski definition) is 3. The number of likely N-dealkylation sites (tertiary alicyclic amines) is 1. The molecule has 2 heterocycles. The maximum atomic E-state index is 14.3. The van der Waals surface area contributed by atoms with Crippen molar-refractivity contribution < 1.29 is 9.59 Å². The summed E-state index contributed by atoms with van der Waals surface area (Å²) in [4.78, 5) is 34.2. The van der Waals surface area contributed by atoms with Crippen LogP contribution in [0.3, 0.4) is 0 Å². The molecular formula is C33H35N3O2. The van der Waals surface area contributed by atoms with Gasteiger partial charge in [-0.2, -0.15) is 0 Å². The fourth-order valence-electron chi connectivity index (χ4n) is 5.82. The molecule has 1 fully saturated rings. The molecule has 194 valence electrons. The molecule has 1 aliphatic rings. The first-order valence-corrected chi connectivity index (χ1v) is 13.7. The molecule has 0 radical (unpaired) electrons. The molecular weight excluding hydrogens is 470 g/mol. The van der Waals surface area contributed by atoms with Crippen LogP contribution in [-0.4, -0.2) is 40.3 Å². The Morgan fingerprint density at radius 3 is 2.45 bits per heavy atom. The average molecular weight is 506 g/mol. The summed E-state index contributed by atoms with van der Waals surface area (Å²) in [6.07, 6.45) is 5.67. The van der Waals surface area contributed by atoms with Crippen LogP contribution in [0, 0.1) is 5.92 Å². The topological polar surface area (TPSA) is 62.3 Å². The summed E-state index contributed by atoms with van der Waals surface area (Å²) in [6.45, 7) is 4.77. The Hall–Kier alpha value is -3.99. The molecule has 3 aromatic carbocycles. The Balaban J connectivity index is 1.45. The smallest absolute Gasteiger partial charge is 0.255 e. The minimum atomic E-state index is -0.156. The van der Waals surface area contributed by atoms with Gasteiger partial charge in [0.1, 0.15) is 0 Å². The van der Waals surface area contributed by atoms with Crippen molar-refractivity contribution in [1.29, 1.82) is 0 Å². The molecule has 0 aliphatic carbocycles. The molecule has 5 heteroatoms. The molecule has 1 aliphatic heterocycles. The molecule has 0 spiro atoms. The van der Waals surface area contributed by atoms with Gasteiger partial charge in [0.05, 0.1) is 17.1 Å². The molecule has 1 aromatic heterocycles. The monoisotopic (exact) mass is 505 g/mol. The number of nitrogens with one attached hydrogen (secondary N) is 1. The minimum Gasteiger partial charge on any atom is -0.350 e. The standard InChI is InChI=1S/C33H35N3O2/c1-3-11-26-20-19-23(2)30(22-35-32(37)29-18-9-14-25-15-10-21-34-31(25)29)36(26)33(38)28-17-8-7-16-27(28)24-12-5-4-6-13-24/h4-10,12-18,21,23,26,30H,3,11,19-20,22H2,1-2H3,(H,35,37). The zero-order valence-corrected chi connectivity index (χ0v) is 22.1. The Kier molecular flexibility index (Phi) is 7.83. The van der Waals surface area contributed by atoms with E-state index in [-0.39, 0.29) is 29.8 Å². The molecule has 1 saturated heterocycles. The summed E-state index contributed by atoms with van der Waals surface area (Å²) >= 11 is 0. The predicted octanol–water partition coefficient (Wildman–Crippen LogP) is 6.74. The predicted molar refractivity (Wildman–Crippen MR) is 153 cm³/mol. The highest BCUT2D eigenvalue weighted by atomic mass is 16.2. The van der Waals surface area contributed by atoms with Gasteiger partial charge in [-0.3, -0.25) is 14.6 Å². The van der Waals surface area contributed by atoms with Gasteiger partial charge in [-0.25, -0.2) is 0 Å². The SMILES string of the molecule is CCCC1CCC(C)C(CNC(=O)c2cccc3cccnc23)N1C(=O)c1ccccc1-c1ccccc1. The summed E-state index contributed by atoms with van der Waals surface area (Å²) in [5.41, 5.74) is 3.93. The van der Waals surface area contributed by atoms with E-state index in [4.69, 9.17) is 0 Å². The maximum absolute atomic E-state index is 14.3. The number of para-hydroxylation sites is 1. The van der Waals surface area contributed by atoms with E-state index in [1.54, 1.807) is 6.20 Å². The van der Waals surface area contributed by atoms with Gasteiger partial charge < -0.3 is 10.2 Å². The summed E-state index contributed by atoms with van der Waals surface area (Å²) in [7, 11) is 0. The van der Waals surface area contributed by atoms with E-state index >= 15 is 0 Å². The van der Waals surface area contributed by atoms with Crippen molar-refractivity contribution >= 4 is 22.7 Å². The van der Waals surface area contributed by atoms with Crippen molar-refractivity contribution in [1.82, 2.24) is 15.2 Å². The Bertz CT molecular complexity index is 1410. The lowest BCUT2D eigenvalue weighted by molar-refractivity contribution is 0.0282. The lowest BCUT2D eigenvalue weighted by Crippen LogP contribution is -2.57. The van der Waals surface area contributed by atoms with Crippen LogP contribution in [0.15, 0.2) is 91.1 Å². The van der Waals surface area contributed by atoms with E-state index < -0.39 is 0 Å². The van der Waals surface area contributed by atoms with Crippen LogP contribution in [0.1, 0.15) is 60.2 Å². The van der Waals surface area contributed by atoms with Crippen LogP contribution >= 0.6 is 0 Å². The number of piperidine rings is 1. The maximum Gasteiger partial charge on any atom is 0.255 e. The number of nitrogens with zero attached hydrogens (tertiary/aromatic N) is 2. The van der Waals surface area contributed by atoms with Crippen molar-refractivity contribution in [2.24, 2.45) is 5.92 Å². The normalized spacial score (nSPS) is 19.3. The molecule has 4 aromatic rings. The second-order valence-electron chi connectivity index (χ2n) is 10.3. The van der Waals surface area contributed by atoms with Crippen molar-refractivity contribution in [3.8, 4) is 11.1 Å². The summed E-state index contributed by atoms with van der Waals surface area (Å²) < 4.78 is 0. The number of benzene rings is 3. The Morgan fingerprint density at radius 2 is 1.63 bits per heavy atom. The molecule has 38 heavy (non-hydrogen) atoms. The fourth-order valence-corrected chi connectivity index (χ4v) is 5.82. The summed E-state index contributed by atoms with van der Waals surface area (Å²) in [5, 5.41) is 4.10. The number of rotatable bonds is 7. The zero-order chi connectivity index (χ0) is 26.5. The number of aromatic nitrogens is 1. The van der Waals surface area contributed by atoms with Crippen molar-refractivity contribution in [2.75, 3.05) is 6.54 Å². The van der Waals surface area contributed by atoms with E-state index in [1.807, 2.05) is 84.9 Å². The summed E-state index contributed by atoms with van der Waals surface area (Å²) in [5.74, 6) is 0.151. The molecule has 2 amide bonds. The number of pyridine rings is 1. The number of amides is 2. The Morgan fingerprint density at radius 1 is 0.895 bits per heavy atom. The van der Waals surface area contributed by atoms with Crippen LogP contribution in [0.2, 0.25) is 0 Å². The molecule has 1 N–H and O–H groups in total. The van der Waals surface area contributed by atoms with Crippen LogP contribution in [0.4, 0.5) is 0 Å². The third-order valence-corrected chi connectivity index (χ3v) is 7.81. The largest absolute Gasteiger partial charge is 0.350 e. The quantitative estimate of drug-likeness (QED) is 0.302. The lowest BCUT2D eigenvalue weighted by atomic mass is 9.84. The molecule has 0 bridgehead atoms. The molecule has 3 atom stereocenters. The van der Waals surface area contributed by atoms with E-state index in [1.165, 1.54) is 0 Å². The number of carbonyl (C=O) groups is 2. The highest BCUT2D eigenvalue weighted by Crippen LogP contribution is 2.34. The van der Waals surface area contributed by atoms with Gasteiger partial charge in [0.25, 0.3) is 11.8 Å².